The van der Waals surface area contributed by atoms with Crippen LogP contribution in [0.3, 0.4) is 0 Å². The van der Waals surface area contributed by atoms with Gasteiger partial charge < -0.3 is 4.90 Å². The summed E-state index contributed by atoms with van der Waals surface area (Å²) in [5.41, 5.74) is 2.00. The predicted octanol–water partition coefficient (Wildman–Crippen LogP) is 1.43. The van der Waals surface area contributed by atoms with Crippen LogP contribution in [0.25, 0.3) is 0 Å². The quantitative estimate of drug-likeness (QED) is 0.896. The highest BCUT2D eigenvalue weighted by molar-refractivity contribution is 7.89. The average Bonchev–Trinajstić information content (AvgIpc) is 2.77. The number of nitrogens with two attached hydrogens (primary N) is 1. The zero-order valence-corrected chi connectivity index (χ0v) is 12.8. The van der Waals surface area contributed by atoms with Crippen LogP contribution in [-0.2, 0) is 10.0 Å². The van der Waals surface area contributed by atoms with Crippen molar-refractivity contribution in [1.29, 1.82) is 0 Å². The van der Waals surface area contributed by atoms with Crippen LogP contribution < -0.4 is 5.14 Å². The zero-order valence-electron chi connectivity index (χ0n) is 12.0. The van der Waals surface area contributed by atoms with Crippen molar-refractivity contribution in [2.24, 2.45) is 11.1 Å². The van der Waals surface area contributed by atoms with Gasteiger partial charge in [-0.15, -0.1) is 0 Å². The topological polar surface area (TPSA) is 80.5 Å². The molecule has 1 fully saturated rings. The van der Waals surface area contributed by atoms with E-state index in [4.69, 9.17) is 5.14 Å². The zero-order chi connectivity index (χ0) is 15.1. The summed E-state index contributed by atoms with van der Waals surface area (Å²) in [5, 5.41) is 5.17. The molecule has 110 valence electrons. The average molecular weight is 296 g/mol. The van der Waals surface area contributed by atoms with Gasteiger partial charge in [0.15, 0.2) is 0 Å². The Bertz CT molecular complexity index is 653. The van der Waals surface area contributed by atoms with Gasteiger partial charge in [-0.3, -0.25) is 4.79 Å². The second-order valence-electron chi connectivity index (χ2n) is 5.60. The lowest BCUT2D eigenvalue weighted by Gasteiger charge is -2.19. The van der Waals surface area contributed by atoms with Crippen LogP contribution in [0.1, 0.15) is 34.8 Å². The van der Waals surface area contributed by atoms with Crippen molar-refractivity contribution in [2.45, 2.75) is 32.1 Å². The largest absolute Gasteiger partial charge is 0.338 e. The first kappa shape index (κ1) is 15.0. The molecule has 6 heteroatoms. The lowest BCUT2D eigenvalue weighted by Crippen LogP contribution is -2.29. The van der Waals surface area contributed by atoms with E-state index in [2.05, 4.69) is 6.92 Å². The van der Waals surface area contributed by atoms with E-state index in [-0.39, 0.29) is 10.8 Å². The first-order valence-electron chi connectivity index (χ1n) is 6.63. The maximum Gasteiger partial charge on any atom is 0.254 e. The van der Waals surface area contributed by atoms with Crippen LogP contribution in [0.2, 0.25) is 0 Å². The number of likely N-dealkylation sites (tertiary alicyclic amines) is 1. The highest BCUT2D eigenvalue weighted by atomic mass is 32.2. The molecular weight excluding hydrogens is 276 g/mol. The smallest absolute Gasteiger partial charge is 0.254 e. The Morgan fingerprint density at radius 3 is 2.50 bits per heavy atom. The Hall–Kier alpha value is -1.40. The molecule has 2 rings (SSSR count). The molecule has 1 aliphatic heterocycles. The number of rotatable bonds is 2. The van der Waals surface area contributed by atoms with Gasteiger partial charge in [0.2, 0.25) is 10.0 Å². The van der Waals surface area contributed by atoms with E-state index in [1.165, 1.54) is 12.1 Å². The SMILES string of the molecule is Cc1cc(S(N)(=O)=O)cc(C(=O)N2CCC(C)C2)c1C. The minimum Gasteiger partial charge on any atom is -0.338 e. The first-order valence-corrected chi connectivity index (χ1v) is 8.18. The fourth-order valence-electron chi connectivity index (χ4n) is 2.50. The van der Waals surface area contributed by atoms with Gasteiger partial charge in [0.25, 0.3) is 5.91 Å². The van der Waals surface area contributed by atoms with Gasteiger partial charge in [-0.05, 0) is 49.4 Å². The van der Waals surface area contributed by atoms with Crippen LogP contribution in [0, 0.1) is 19.8 Å². The van der Waals surface area contributed by atoms with Gasteiger partial charge in [0.1, 0.15) is 0 Å². The number of hydrogen-bond donors (Lipinski definition) is 1. The van der Waals surface area contributed by atoms with E-state index in [0.717, 1.165) is 30.6 Å². The molecule has 1 aromatic rings. The molecule has 0 aromatic heterocycles. The van der Waals surface area contributed by atoms with Crippen molar-refractivity contribution in [3.8, 4) is 0 Å². The van der Waals surface area contributed by atoms with Crippen LogP contribution in [-0.4, -0.2) is 32.3 Å². The Kier molecular flexibility index (Phi) is 3.88. The number of primary sulfonamides is 1. The minimum absolute atomic E-state index is 0.00352. The number of sulfonamides is 1. The molecule has 0 bridgehead atoms. The molecule has 5 nitrogen and oxygen atoms in total. The molecule has 1 amide bonds. The third kappa shape index (κ3) is 2.86. The Labute approximate surface area is 119 Å². The van der Waals surface area contributed by atoms with Crippen LogP contribution >= 0.6 is 0 Å². The summed E-state index contributed by atoms with van der Waals surface area (Å²) in [4.78, 5) is 14.3. The number of benzene rings is 1. The van der Waals surface area contributed by atoms with E-state index >= 15 is 0 Å². The van der Waals surface area contributed by atoms with Gasteiger partial charge in [0.05, 0.1) is 4.90 Å². The third-order valence-electron chi connectivity index (χ3n) is 3.91. The van der Waals surface area contributed by atoms with Crippen LogP contribution in [0.15, 0.2) is 17.0 Å². The summed E-state index contributed by atoms with van der Waals surface area (Å²) >= 11 is 0. The molecule has 2 N–H and O–H groups in total. The van der Waals surface area contributed by atoms with E-state index in [0.29, 0.717) is 11.5 Å². The minimum atomic E-state index is -3.80. The number of carbonyl (C=O) groups excluding carboxylic acids is 1. The molecule has 0 aliphatic carbocycles. The number of nitrogens with zero attached hydrogens (tertiary/aromatic N) is 1. The summed E-state index contributed by atoms with van der Waals surface area (Å²) in [6.45, 7) is 7.16. The van der Waals surface area contributed by atoms with Crippen molar-refractivity contribution in [1.82, 2.24) is 4.90 Å². The van der Waals surface area contributed by atoms with Gasteiger partial charge in [-0.2, -0.15) is 0 Å². The summed E-state index contributed by atoms with van der Waals surface area (Å²) < 4.78 is 23.0. The van der Waals surface area contributed by atoms with Crippen molar-refractivity contribution in [3.63, 3.8) is 0 Å². The second kappa shape index (κ2) is 5.18. The summed E-state index contributed by atoms with van der Waals surface area (Å²) in [6.07, 6.45) is 0.985. The monoisotopic (exact) mass is 296 g/mol. The van der Waals surface area contributed by atoms with E-state index in [9.17, 15) is 13.2 Å². The normalized spacial score (nSPS) is 19.4. The fourth-order valence-corrected chi connectivity index (χ4v) is 3.13. The molecule has 1 atom stereocenters. The lowest BCUT2D eigenvalue weighted by atomic mass is 10.0. The van der Waals surface area contributed by atoms with Crippen molar-refractivity contribution < 1.29 is 13.2 Å². The second-order valence-corrected chi connectivity index (χ2v) is 7.16. The maximum atomic E-state index is 12.5. The van der Waals surface area contributed by atoms with Crippen molar-refractivity contribution in [3.05, 3.63) is 28.8 Å². The van der Waals surface area contributed by atoms with E-state index in [1.807, 2.05) is 6.92 Å². The Morgan fingerprint density at radius 1 is 1.35 bits per heavy atom. The maximum absolute atomic E-state index is 12.5. The molecule has 0 spiro atoms. The summed E-state index contributed by atoms with van der Waals surface area (Å²) in [7, 11) is -3.80. The molecule has 1 heterocycles. The lowest BCUT2D eigenvalue weighted by molar-refractivity contribution is 0.0787. The summed E-state index contributed by atoms with van der Waals surface area (Å²) in [5.74, 6) is 0.377. The molecule has 1 unspecified atom stereocenters. The molecule has 0 radical (unpaired) electrons. The highest BCUT2D eigenvalue weighted by Crippen LogP contribution is 2.23. The Balaban J connectivity index is 2.45. The molecule has 0 saturated carbocycles. The molecular formula is C14H20N2O3S. The fraction of sp³-hybridized carbons (Fsp3) is 0.500. The van der Waals surface area contributed by atoms with Gasteiger partial charge in [0, 0.05) is 18.7 Å². The number of hydrogen-bond acceptors (Lipinski definition) is 3. The Morgan fingerprint density at radius 2 is 2.00 bits per heavy atom. The molecule has 1 aromatic carbocycles. The van der Waals surface area contributed by atoms with E-state index < -0.39 is 10.0 Å². The van der Waals surface area contributed by atoms with E-state index in [1.54, 1.807) is 11.8 Å². The standard InChI is InChI=1S/C14H20N2O3S/c1-9-4-5-16(8-9)14(17)13-7-12(20(15,18)19)6-10(2)11(13)3/h6-7,9H,4-5,8H2,1-3H3,(H2,15,18,19). The van der Waals surface area contributed by atoms with Crippen LogP contribution in [0.5, 0.6) is 0 Å². The first-order chi connectivity index (χ1) is 9.20. The van der Waals surface area contributed by atoms with Crippen molar-refractivity contribution >= 4 is 15.9 Å². The molecule has 1 aliphatic rings. The number of carbonyl (C=O) groups is 1. The highest BCUT2D eigenvalue weighted by Gasteiger charge is 2.26. The summed E-state index contributed by atoms with van der Waals surface area (Å²) in [6, 6.07) is 2.90. The van der Waals surface area contributed by atoms with Gasteiger partial charge in [-0.1, -0.05) is 6.92 Å². The van der Waals surface area contributed by atoms with Crippen molar-refractivity contribution in [2.75, 3.05) is 13.1 Å². The van der Waals surface area contributed by atoms with Gasteiger partial charge >= 0.3 is 0 Å². The van der Waals surface area contributed by atoms with Gasteiger partial charge in [-0.25, -0.2) is 13.6 Å². The number of aryl methyl sites for hydroxylation is 1. The number of amides is 1. The predicted molar refractivity (Wildman–Crippen MR) is 77.0 cm³/mol. The van der Waals surface area contributed by atoms with Crippen LogP contribution in [0.4, 0.5) is 0 Å². The molecule has 1 saturated heterocycles. The molecule has 20 heavy (non-hydrogen) atoms. The third-order valence-corrected chi connectivity index (χ3v) is 4.80.